The summed E-state index contributed by atoms with van der Waals surface area (Å²) in [5.41, 5.74) is 8.91. The summed E-state index contributed by atoms with van der Waals surface area (Å²) < 4.78 is 11.6. The van der Waals surface area contributed by atoms with Gasteiger partial charge in [-0.05, 0) is 42.8 Å². The summed E-state index contributed by atoms with van der Waals surface area (Å²) >= 11 is 0. The molecule has 3 heteroatoms. The molecule has 0 radical (unpaired) electrons. The van der Waals surface area contributed by atoms with Gasteiger partial charge in [0, 0.05) is 12.1 Å². The lowest BCUT2D eigenvalue weighted by atomic mass is 10.1. The van der Waals surface area contributed by atoms with Crippen LogP contribution in [0.3, 0.4) is 0 Å². The number of hydrogen-bond acceptors (Lipinski definition) is 3. The van der Waals surface area contributed by atoms with Gasteiger partial charge in [0.25, 0.3) is 0 Å². The van der Waals surface area contributed by atoms with E-state index in [-0.39, 0.29) is 6.10 Å². The summed E-state index contributed by atoms with van der Waals surface area (Å²) in [7, 11) is 0. The first kappa shape index (κ1) is 11.9. The topological polar surface area (TPSA) is 44.5 Å². The van der Waals surface area contributed by atoms with Crippen LogP contribution in [-0.2, 0) is 6.42 Å². The van der Waals surface area contributed by atoms with Gasteiger partial charge in [0.05, 0.1) is 0 Å². The largest absolute Gasteiger partial charge is 0.490 e. The molecule has 0 fully saturated rings. The molecule has 0 spiro atoms. The van der Waals surface area contributed by atoms with Crippen molar-refractivity contribution in [2.24, 2.45) is 0 Å². The molecule has 1 aliphatic heterocycles. The lowest BCUT2D eigenvalue weighted by molar-refractivity contribution is 0.148. The third-order valence-electron chi connectivity index (χ3n) is 3.27. The number of benzene rings is 2. The summed E-state index contributed by atoms with van der Waals surface area (Å²) in [5, 5.41) is 0. The number of aryl methyl sites for hydroxylation is 1. The molecule has 1 aliphatic rings. The summed E-state index contributed by atoms with van der Waals surface area (Å²) in [5.74, 6) is 1.81. The highest BCUT2D eigenvalue weighted by atomic mass is 16.5. The van der Waals surface area contributed by atoms with Gasteiger partial charge in [-0.1, -0.05) is 17.7 Å². The third kappa shape index (κ3) is 2.65. The van der Waals surface area contributed by atoms with Crippen molar-refractivity contribution >= 4 is 5.69 Å². The van der Waals surface area contributed by atoms with Crippen LogP contribution in [0.1, 0.15) is 11.1 Å². The minimum absolute atomic E-state index is 0.0920. The fraction of sp³-hybridized carbons (Fsp3) is 0.250. The van der Waals surface area contributed by atoms with E-state index in [4.69, 9.17) is 15.2 Å². The molecule has 1 atom stereocenters. The predicted molar refractivity (Wildman–Crippen MR) is 75.6 cm³/mol. The maximum absolute atomic E-state index is 5.86. The van der Waals surface area contributed by atoms with Gasteiger partial charge >= 0.3 is 0 Å². The van der Waals surface area contributed by atoms with E-state index in [2.05, 4.69) is 19.1 Å². The van der Waals surface area contributed by atoms with Gasteiger partial charge in [0.1, 0.15) is 24.2 Å². The number of nitrogen functional groups attached to an aromatic ring is 1. The van der Waals surface area contributed by atoms with Crippen molar-refractivity contribution in [3.8, 4) is 11.5 Å². The summed E-state index contributed by atoms with van der Waals surface area (Å²) in [6.45, 7) is 2.65. The first-order chi connectivity index (χ1) is 9.20. The zero-order chi connectivity index (χ0) is 13.2. The van der Waals surface area contributed by atoms with Crippen LogP contribution in [0.2, 0.25) is 0 Å². The Bertz CT molecular complexity index is 578. The second-order valence-corrected chi connectivity index (χ2v) is 4.94. The van der Waals surface area contributed by atoms with Crippen molar-refractivity contribution < 1.29 is 9.47 Å². The Balaban J connectivity index is 1.60. The van der Waals surface area contributed by atoms with Crippen molar-refractivity contribution in [2.45, 2.75) is 19.4 Å². The number of fused-ring (bicyclic) bond motifs is 1. The smallest absolute Gasteiger partial charge is 0.137 e. The van der Waals surface area contributed by atoms with Gasteiger partial charge in [-0.3, -0.25) is 0 Å². The van der Waals surface area contributed by atoms with Crippen molar-refractivity contribution in [3.05, 3.63) is 53.6 Å². The number of hydrogen-bond donors (Lipinski definition) is 1. The molecule has 2 aromatic carbocycles. The van der Waals surface area contributed by atoms with Gasteiger partial charge in [-0.25, -0.2) is 0 Å². The van der Waals surface area contributed by atoms with Crippen molar-refractivity contribution in [3.63, 3.8) is 0 Å². The Kier molecular flexibility index (Phi) is 3.03. The highest BCUT2D eigenvalue weighted by Gasteiger charge is 2.23. The molecule has 0 saturated heterocycles. The SMILES string of the molecule is Cc1ccc2c(c1)CC(COc1ccc(N)cc1)O2. The van der Waals surface area contributed by atoms with Crippen LogP contribution in [0.15, 0.2) is 42.5 Å². The first-order valence-electron chi connectivity index (χ1n) is 6.45. The van der Waals surface area contributed by atoms with Crippen molar-refractivity contribution in [1.82, 2.24) is 0 Å². The van der Waals surface area contributed by atoms with E-state index in [1.807, 2.05) is 30.3 Å². The van der Waals surface area contributed by atoms with E-state index in [0.717, 1.165) is 23.6 Å². The van der Waals surface area contributed by atoms with E-state index < -0.39 is 0 Å². The van der Waals surface area contributed by atoms with E-state index in [0.29, 0.717) is 6.61 Å². The van der Waals surface area contributed by atoms with Crippen molar-refractivity contribution in [2.75, 3.05) is 12.3 Å². The second kappa shape index (κ2) is 4.84. The van der Waals surface area contributed by atoms with Crippen LogP contribution in [0, 0.1) is 6.92 Å². The van der Waals surface area contributed by atoms with Gasteiger partial charge in [0.15, 0.2) is 0 Å². The molecule has 19 heavy (non-hydrogen) atoms. The zero-order valence-corrected chi connectivity index (χ0v) is 10.9. The quantitative estimate of drug-likeness (QED) is 0.858. The Labute approximate surface area is 113 Å². The predicted octanol–water partition coefficient (Wildman–Crippen LogP) is 2.96. The number of anilines is 1. The van der Waals surface area contributed by atoms with E-state index in [1.165, 1.54) is 11.1 Å². The molecule has 2 aromatic rings. The summed E-state index contributed by atoms with van der Waals surface area (Å²) in [6, 6.07) is 13.7. The molecule has 0 saturated carbocycles. The molecule has 0 aliphatic carbocycles. The molecule has 1 unspecified atom stereocenters. The highest BCUT2D eigenvalue weighted by Crippen LogP contribution is 2.29. The number of nitrogens with two attached hydrogens (primary N) is 1. The minimum atomic E-state index is 0.0920. The molecule has 98 valence electrons. The zero-order valence-electron chi connectivity index (χ0n) is 10.9. The van der Waals surface area contributed by atoms with E-state index in [9.17, 15) is 0 Å². The van der Waals surface area contributed by atoms with Gasteiger partial charge in [0.2, 0.25) is 0 Å². The fourth-order valence-corrected chi connectivity index (χ4v) is 2.30. The second-order valence-electron chi connectivity index (χ2n) is 4.94. The molecule has 1 heterocycles. The fourth-order valence-electron chi connectivity index (χ4n) is 2.30. The molecule has 0 aromatic heterocycles. The van der Waals surface area contributed by atoms with Gasteiger partial charge < -0.3 is 15.2 Å². The maximum Gasteiger partial charge on any atom is 0.137 e. The van der Waals surface area contributed by atoms with Crippen LogP contribution in [0.4, 0.5) is 5.69 Å². The van der Waals surface area contributed by atoms with Crippen LogP contribution in [-0.4, -0.2) is 12.7 Å². The molecule has 0 bridgehead atoms. The molecule has 3 nitrogen and oxygen atoms in total. The van der Waals surface area contributed by atoms with Crippen LogP contribution in [0.25, 0.3) is 0 Å². The standard InChI is InChI=1S/C16H17NO2/c1-11-2-7-16-12(8-11)9-15(19-16)10-18-14-5-3-13(17)4-6-14/h2-8,15H,9-10,17H2,1H3. The van der Waals surface area contributed by atoms with Crippen LogP contribution < -0.4 is 15.2 Å². The van der Waals surface area contributed by atoms with Crippen LogP contribution >= 0.6 is 0 Å². The minimum Gasteiger partial charge on any atom is -0.490 e. The third-order valence-corrected chi connectivity index (χ3v) is 3.27. The monoisotopic (exact) mass is 255 g/mol. The molecular formula is C16H17NO2. The first-order valence-corrected chi connectivity index (χ1v) is 6.45. The molecular weight excluding hydrogens is 238 g/mol. The Hall–Kier alpha value is -2.16. The normalized spacial score (nSPS) is 16.8. The number of ether oxygens (including phenoxy) is 2. The molecule has 0 amide bonds. The lowest BCUT2D eigenvalue weighted by Gasteiger charge is -2.12. The average molecular weight is 255 g/mol. The number of rotatable bonds is 3. The Morgan fingerprint density at radius 1 is 1.21 bits per heavy atom. The van der Waals surface area contributed by atoms with E-state index in [1.54, 1.807) is 0 Å². The Morgan fingerprint density at radius 3 is 2.79 bits per heavy atom. The lowest BCUT2D eigenvalue weighted by Crippen LogP contribution is -2.22. The molecule has 3 rings (SSSR count). The van der Waals surface area contributed by atoms with Gasteiger partial charge in [-0.15, -0.1) is 0 Å². The summed E-state index contributed by atoms with van der Waals surface area (Å²) in [4.78, 5) is 0. The molecule has 2 N–H and O–H groups in total. The Morgan fingerprint density at radius 2 is 2.00 bits per heavy atom. The van der Waals surface area contributed by atoms with Crippen LogP contribution in [0.5, 0.6) is 11.5 Å². The van der Waals surface area contributed by atoms with Gasteiger partial charge in [-0.2, -0.15) is 0 Å². The highest BCUT2D eigenvalue weighted by molar-refractivity contribution is 5.42. The summed E-state index contributed by atoms with van der Waals surface area (Å²) in [6.07, 6.45) is 1.00. The maximum atomic E-state index is 5.86. The van der Waals surface area contributed by atoms with E-state index >= 15 is 0 Å². The average Bonchev–Trinajstić information content (AvgIpc) is 2.80. The van der Waals surface area contributed by atoms with Crippen molar-refractivity contribution in [1.29, 1.82) is 0 Å².